The molecule has 1 N–H and O–H groups in total. The molecule has 5 nitrogen and oxygen atoms in total. The minimum Gasteiger partial charge on any atom is -0.374 e. The molecule has 1 aliphatic heterocycles. The molecule has 1 saturated carbocycles. The second-order valence-electron chi connectivity index (χ2n) is 6.76. The summed E-state index contributed by atoms with van der Waals surface area (Å²) in [6.07, 6.45) is 2.46. The lowest BCUT2D eigenvalue weighted by molar-refractivity contribution is -0.0277. The highest BCUT2D eigenvalue weighted by Gasteiger charge is 2.33. The number of sulfonamides is 1. The van der Waals surface area contributed by atoms with Crippen LogP contribution in [-0.2, 0) is 14.8 Å². The fourth-order valence-electron chi connectivity index (χ4n) is 3.12. The van der Waals surface area contributed by atoms with E-state index in [2.05, 4.69) is 9.62 Å². The second-order valence-corrected chi connectivity index (χ2v) is 8.50. The van der Waals surface area contributed by atoms with Crippen molar-refractivity contribution in [1.29, 1.82) is 0 Å². The summed E-state index contributed by atoms with van der Waals surface area (Å²) in [6.45, 7) is 6.81. The van der Waals surface area contributed by atoms with Gasteiger partial charge in [0.05, 0.1) is 17.6 Å². The molecule has 3 rings (SSSR count). The lowest BCUT2D eigenvalue weighted by Gasteiger charge is -2.33. The maximum atomic E-state index is 12.6. The number of nitrogens with one attached hydrogen (secondary N) is 1. The number of rotatable bonds is 6. The lowest BCUT2D eigenvalue weighted by atomic mass is 10.0. The zero-order valence-corrected chi connectivity index (χ0v) is 14.7. The Morgan fingerprint density at radius 3 is 2.74 bits per heavy atom. The maximum absolute atomic E-state index is 12.6. The number of nitrogens with zero attached hydrogens (tertiary/aromatic N) is 1. The molecule has 0 bridgehead atoms. The van der Waals surface area contributed by atoms with Gasteiger partial charge in [-0.1, -0.05) is 32.0 Å². The van der Waals surface area contributed by atoms with E-state index in [1.807, 2.05) is 26.0 Å². The van der Waals surface area contributed by atoms with Crippen LogP contribution in [0.3, 0.4) is 0 Å². The molecule has 6 heteroatoms. The van der Waals surface area contributed by atoms with Crippen molar-refractivity contribution < 1.29 is 13.2 Å². The van der Waals surface area contributed by atoms with Crippen LogP contribution in [0.4, 0.5) is 0 Å². The van der Waals surface area contributed by atoms with E-state index in [1.165, 1.54) is 12.8 Å². The zero-order valence-electron chi connectivity index (χ0n) is 13.9. The summed E-state index contributed by atoms with van der Waals surface area (Å²) in [7, 11) is -3.51. The van der Waals surface area contributed by atoms with Crippen molar-refractivity contribution in [3.63, 3.8) is 0 Å². The van der Waals surface area contributed by atoms with E-state index in [-0.39, 0.29) is 12.0 Å². The minimum atomic E-state index is -3.51. The molecule has 0 spiro atoms. The third kappa shape index (κ3) is 4.12. The summed E-state index contributed by atoms with van der Waals surface area (Å²) < 4.78 is 33.8. The lowest BCUT2D eigenvalue weighted by Crippen LogP contribution is -2.48. The first-order chi connectivity index (χ1) is 11.0. The molecule has 1 saturated heterocycles. The van der Waals surface area contributed by atoms with Crippen LogP contribution in [0.1, 0.15) is 38.2 Å². The van der Waals surface area contributed by atoms with Crippen LogP contribution in [0.25, 0.3) is 0 Å². The van der Waals surface area contributed by atoms with Crippen LogP contribution in [-0.4, -0.2) is 51.7 Å². The van der Waals surface area contributed by atoms with Crippen LogP contribution >= 0.6 is 0 Å². The van der Waals surface area contributed by atoms with Crippen molar-refractivity contribution in [1.82, 2.24) is 9.62 Å². The van der Waals surface area contributed by atoms with Gasteiger partial charge in [0, 0.05) is 25.7 Å². The maximum Gasteiger partial charge on any atom is 0.240 e. The predicted molar refractivity (Wildman–Crippen MR) is 90.1 cm³/mol. The average molecular weight is 338 g/mol. The van der Waals surface area contributed by atoms with E-state index < -0.39 is 10.0 Å². The van der Waals surface area contributed by atoms with Gasteiger partial charge < -0.3 is 4.74 Å². The first kappa shape index (κ1) is 16.9. The zero-order chi connectivity index (χ0) is 16.4. The van der Waals surface area contributed by atoms with Gasteiger partial charge in [0.1, 0.15) is 0 Å². The highest BCUT2D eigenvalue weighted by molar-refractivity contribution is 7.89. The van der Waals surface area contributed by atoms with E-state index in [0.717, 1.165) is 18.7 Å². The number of morpholine rings is 1. The first-order valence-electron chi connectivity index (χ1n) is 8.41. The molecule has 128 valence electrons. The normalized spacial score (nSPS) is 23.3. The largest absolute Gasteiger partial charge is 0.374 e. The topological polar surface area (TPSA) is 58.6 Å². The molecule has 2 aliphatic rings. The second kappa shape index (κ2) is 6.89. The quantitative estimate of drug-likeness (QED) is 0.861. The van der Waals surface area contributed by atoms with E-state index in [0.29, 0.717) is 24.1 Å². The summed E-state index contributed by atoms with van der Waals surface area (Å²) in [6, 6.07) is 7.90. The van der Waals surface area contributed by atoms with Crippen LogP contribution in [0, 0.1) is 0 Å². The molecule has 23 heavy (non-hydrogen) atoms. The predicted octanol–water partition coefficient (Wildman–Crippen LogP) is 1.95. The highest BCUT2D eigenvalue weighted by atomic mass is 32.2. The molecule has 1 unspecified atom stereocenters. The summed E-state index contributed by atoms with van der Waals surface area (Å²) >= 11 is 0. The van der Waals surface area contributed by atoms with Gasteiger partial charge in [-0.15, -0.1) is 0 Å². The molecule has 1 atom stereocenters. The molecule has 1 heterocycles. The van der Waals surface area contributed by atoms with E-state index in [1.54, 1.807) is 12.1 Å². The number of ether oxygens (including phenoxy) is 1. The van der Waals surface area contributed by atoms with Crippen LogP contribution in [0.15, 0.2) is 29.2 Å². The van der Waals surface area contributed by atoms with Crippen LogP contribution < -0.4 is 4.72 Å². The smallest absolute Gasteiger partial charge is 0.240 e. The number of hydrogen-bond donors (Lipinski definition) is 1. The number of hydrogen-bond acceptors (Lipinski definition) is 4. The molecule has 1 aromatic carbocycles. The summed E-state index contributed by atoms with van der Waals surface area (Å²) in [5, 5.41) is 0. The highest BCUT2D eigenvalue weighted by Crippen LogP contribution is 2.28. The molecule has 0 radical (unpaired) electrons. The Morgan fingerprint density at radius 1 is 1.30 bits per heavy atom. The molecule has 0 amide bonds. The van der Waals surface area contributed by atoms with Crippen molar-refractivity contribution in [3.8, 4) is 0 Å². The SMILES string of the molecule is CC(C)c1ccccc1S(=O)(=O)NCC1CN(C2CC2)CCO1. The fraction of sp³-hybridized carbons (Fsp3) is 0.647. The summed E-state index contributed by atoms with van der Waals surface area (Å²) in [4.78, 5) is 2.80. The van der Waals surface area contributed by atoms with Crippen LogP contribution in [0.5, 0.6) is 0 Å². The molecule has 1 aliphatic carbocycles. The molecule has 2 fully saturated rings. The van der Waals surface area contributed by atoms with E-state index in [4.69, 9.17) is 4.74 Å². The van der Waals surface area contributed by atoms with Gasteiger partial charge in [-0.3, -0.25) is 4.90 Å². The van der Waals surface area contributed by atoms with Gasteiger partial charge in [-0.2, -0.15) is 0 Å². The van der Waals surface area contributed by atoms with Gasteiger partial charge in [0.15, 0.2) is 0 Å². The van der Waals surface area contributed by atoms with E-state index >= 15 is 0 Å². The minimum absolute atomic E-state index is 0.0645. The van der Waals surface area contributed by atoms with Crippen LogP contribution in [0.2, 0.25) is 0 Å². The molecular weight excluding hydrogens is 312 g/mol. The third-order valence-electron chi connectivity index (χ3n) is 4.57. The Labute approximate surface area is 139 Å². The van der Waals surface area contributed by atoms with Gasteiger partial charge in [0.25, 0.3) is 0 Å². The average Bonchev–Trinajstić information content (AvgIpc) is 3.38. The third-order valence-corrected chi connectivity index (χ3v) is 6.06. The molecular formula is C17H26N2O3S. The van der Waals surface area contributed by atoms with Crippen molar-refractivity contribution in [2.24, 2.45) is 0 Å². The van der Waals surface area contributed by atoms with Gasteiger partial charge in [-0.25, -0.2) is 13.1 Å². The van der Waals surface area contributed by atoms with Crippen molar-refractivity contribution in [2.75, 3.05) is 26.2 Å². The molecule has 1 aromatic rings. The Balaban J connectivity index is 1.64. The van der Waals surface area contributed by atoms with Crippen molar-refractivity contribution in [2.45, 2.75) is 49.6 Å². The van der Waals surface area contributed by atoms with Gasteiger partial charge in [-0.05, 0) is 30.4 Å². The molecule has 0 aromatic heterocycles. The van der Waals surface area contributed by atoms with Crippen molar-refractivity contribution in [3.05, 3.63) is 29.8 Å². The summed E-state index contributed by atoms with van der Waals surface area (Å²) in [5.74, 6) is 0.166. The fourth-order valence-corrected chi connectivity index (χ4v) is 4.55. The summed E-state index contributed by atoms with van der Waals surface area (Å²) in [5.41, 5.74) is 0.851. The van der Waals surface area contributed by atoms with Gasteiger partial charge in [0.2, 0.25) is 10.0 Å². The van der Waals surface area contributed by atoms with Crippen molar-refractivity contribution >= 4 is 10.0 Å². The monoisotopic (exact) mass is 338 g/mol. The number of benzene rings is 1. The first-order valence-corrected chi connectivity index (χ1v) is 9.90. The van der Waals surface area contributed by atoms with Gasteiger partial charge >= 0.3 is 0 Å². The van der Waals surface area contributed by atoms with E-state index in [9.17, 15) is 8.42 Å². The Morgan fingerprint density at radius 2 is 2.04 bits per heavy atom. The Kier molecular flexibility index (Phi) is 5.06. The standard InChI is InChI=1S/C17H26N2O3S/c1-13(2)16-5-3-4-6-17(16)23(20,21)18-11-15-12-19(9-10-22-15)14-7-8-14/h3-6,13-15,18H,7-12H2,1-2H3. The Bertz CT molecular complexity index is 641. The Hall–Kier alpha value is -0.950.